The Kier molecular flexibility index (Phi) is 6.95. The van der Waals surface area contributed by atoms with Crippen molar-refractivity contribution in [3.8, 4) is 0 Å². The first kappa shape index (κ1) is 19.8. The van der Waals surface area contributed by atoms with Crippen LogP contribution in [0.1, 0.15) is 25.8 Å². The van der Waals surface area contributed by atoms with Crippen molar-refractivity contribution in [2.75, 3.05) is 36.4 Å². The number of nitrogens with zero attached hydrogens (tertiary/aromatic N) is 1. The van der Waals surface area contributed by atoms with Crippen molar-refractivity contribution in [1.82, 2.24) is 10.3 Å². The van der Waals surface area contributed by atoms with Crippen LogP contribution in [0.3, 0.4) is 0 Å². The SMILES string of the molecule is CCN(CC)c1ccc(NCCC(=O)NCCc2c[nH]c3ccccc23)cc1. The summed E-state index contributed by atoms with van der Waals surface area (Å²) in [5.74, 6) is 0.0760. The van der Waals surface area contributed by atoms with Crippen LogP contribution in [-0.4, -0.2) is 37.1 Å². The second-order valence-corrected chi connectivity index (χ2v) is 6.86. The van der Waals surface area contributed by atoms with Crippen LogP contribution in [0.25, 0.3) is 10.9 Å². The van der Waals surface area contributed by atoms with Crippen molar-refractivity contribution in [2.45, 2.75) is 26.7 Å². The maximum atomic E-state index is 12.1. The predicted molar refractivity (Wildman–Crippen MR) is 118 cm³/mol. The zero-order valence-electron chi connectivity index (χ0n) is 16.8. The number of benzene rings is 2. The molecule has 0 saturated heterocycles. The Morgan fingerprint density at radius 1 is 1.00 bits per heavy atom. The Labute approximate surface area is 167 Å². The second kappa shape index (κ2) is 9.83. The van der Waals surface area contributed by atoms with E-state index in [1.165, 1.54) is 16.6 Å². The van der Waals surface area contributed by atoms with Crippen molar-refractivity contribution in [3.05, 3.63) is 60.3 Å². The molecule has 148 valence electrons. The van der Waals surface area contributed by atoms with Gasteiger partial charge in [-0.3, -0.25) is 4.79 Å². The van der Waals surface area contributed by atoms with Gasteiger partial charge in [-0.25, -0.2) is 0 Å². The highest BCUT2D eigenvalue weighted by molar-refractivity contribution is 5.83. The molecular formula is C23H30N4O. The lowest BCUT2D eigenvalue weighted by Crippen LogP contribution is -2.27. The summed E-state index contributed by atoms with van der Waals surface area (Å²) in [4.78, 5) is 17.7. The van der Waals surface area contributed by atoms with Crippen LogP contribution in [0.5, 0.6) is 0 Å². The van der Waals surface area contributed by atoms with Gasteiger partial charge in [0.1, 0.15) is 0 Å². The average molecular weight is 379 g/mol. The van der Waals surface area contributed by atoms with Gasteiger partial charge in [0.15, 0.2) is 0 Å². The van der Waals surface area contributed by atoms with E-state index in [9.17, 15) is 4.79 Å². The van der Waals surface area contributed by atoms with Gasteiger partial charge in [-0.2, -0.15) is 0 Å². The predicted octanol–water partition coefficient (Wildman–Crippen LogP) is 4.18. The number of amides is 1. The van der Waals surface area contributed by atoms with Crippen LogP contribution >= 0.6 is 0 Å². The molecule has 3 rings (SSSR count). The zero-order valence-corrected chi connectivity index (χ0v) is 16.8. The minimum absolute atomic E-state index is 0.0760. The number of carbonyl (C=O) groups is 1. The fourth-order valence-electron chi connectivity index (χ4n) is 3.46. The largest absolute Gasteiger partial charge is 0.385 e. The van der Waals surface area contributed by atoms with Crippen molar-refractivity contribution >= 4 is 28.2 Å². The standard InChI is InChI=1S/C23H30N4O/c1-3-27(4-2)20-11-9-19(10-12-20)24-16-14-23(28)25-15-13-18-17-26-22-8-6-5-7-21(18)22/h5-12,17,24,26H,3-4,13-16H2,1-2H3,(H,25,28). The Balaban J connectivity index is 1.37. The lowest BCUT2D eigenvalue weighted by atomic mass is 10.1. The number of para-hydroxylation sites is 1. The molecule has 0 bridgehead atoms. The molecule has 1 amide bonds. The monoisotopic (exact) mass is 378 g/mol. The zero-order chi connectivity index (χ0) is 19.8. The van der Waals surface area contributed by atoms with Crippen molar-refractivity contribution < 1.29 is 4.79 Å². The third-order valence-electron chi connectivity index (χ3n) is 5.07. The second-order valence-electron chi connectivity index (χ2n) is 6.86. The van der Waals surface area contributed by atoms with Crippen molar-refractivity contribution in [2.24, 2.45) is 0 Å². The van der Waals surface area contributed by atoms with Crippen LogP contribution in [0.2, 0.25) is 0 Å². The summed E-state index contributed by atoms with van der Waals surface area (Å²) in [5.41, 5.74) is 4.65. The minimum Gasteiger partial charge on any atom is -0.385 e. The summed E-state index contributed by atoms with van der Waals surface area (Å²) in [6, 6.07) is 16.6. The van der Waals surface area contributed by atoms with Crippen LogP contribution in [0, 0.1) is 0 Å². The van der Waals surface area contributed by atoms with Gasteiger partial charge in [0.25, 0.3) is 0 Å². The molecule has 1 heterocycles. The van der Waals surface area contributed by atoms with Gasteiger partial charge >= 0.3 is 0 Å². The number of fused-ring (bicyclic) bond motifs is 1. The lowest BCUT2D eigenvalue weighted by molar-refractivity contribution is -0.120. The number of anilines is 2. The summed E-state index contributed by atoms with van der Waals surface area (Å²) in [6.07, 6.45) is 3.32. The number of H-pyrrole nitrogens is 1. The number of aromatic nitrogens is 1. The molecule has 0 aliphatic heterocycles. The molecule has 1 aromatic heterocycles. The number of nitrogens with one attached hydrogen (secondary N) is 3. The molecule has 0 unspecified atom stereocenters. The third-order valence-corrected chi connectivity index (χ3v) is 5.07. The summed E-state index contributed by atoms with van der Waals surface area (Å²) < 4.78 is 0. The fourth-order valence-corrected chi connectivity index (χ4v) is 3.46. The van der Waals surface area contributed by atoms with E-state index in [1.54, 1.807) is 0 Å². The summed E-state index contributed by atoms with van der Waals surface area (Å²) in [6.45, 7) is 7.60. The number of hydrogen-bond acceptors (Lipinski definition) is 3. The van der Waals surface area contributed by atoms with Crippen molar-refractivity contribution in [3.63, 3.8) is 0 Å². The molecule has 0 aliphatic rings. The maximum absolute atomic E-state index is 12.1. The van der Waals surface area contributed by atoms with Crippen LogP contribution < -0.4 is 15.5 Å². The molecule has 3 aromatic rings. The van der Waals surface area contributed by atoms with E-state index in [0.717, 1.165) is 30.7 Å². The third kappa shape index (κ3) is 5.06. The van der Waals surface area contributed by atoms with Crippen molar-refractivity contribution in [1.29, 1.82) is 0 Å². The summed E-state index contributed by atoms with van der Waals surface area (Å²) >= 11 is 0. The molecular weight excluding hydrogens is 348 g/mol. The Morgan fingerprint density at radius 2 is 1.75 bits per heavy atom. The quantitative estimate of drug-likeness (QED) is 0.496. The number of hydrogen-bond donors (Lipinski definition) is 3. The fraction of sp³-hybridized carbons (Fsp3) is 0.348. The lowest BCUT2D eigenvalue weighted by Gasteiger charge is -2.21. The first-order valence-corrected chi connectivity index (χ1v) is 10.1. The molecule has 2 aromatic carbocycles. The van der Waals surface area contributed by atoms with E-state index in [-0.39, 0.29) is 5.91 Å². The molecule has 5 nitrogen and oxygen atoms in total. The van der Waals surface area contributed by atoms with E-state index < -0.39 is 0 Å². The van der Waals surface area contributed by atoms with Gasteiger partial charge in [0, 0.05) is 61.1 Å². The molecule has 5 heteroatoms. The Morgan fingerprint density at radius 3 is 2.50 bits per heavy atom. The van der Waals surface area contributed by atoms with E-state index in [1.807, 2.05) is 18.3 Å². The summed E-state index contributed by atoms with van der Waals surface area (Å²) in [7, 11) is 0. The van der Waals surface area contributed by atoms with Gasteiger partial charge in [-0.1, -0.05) is 18.2 Å². The molecule has 0 saturated carbocycles. The summed E-state index contributed by atoms with van der Waals surface area (Å²) in [5, 5.41) is 7.56. The molecule has 0 fully saturated rings. The number of rotatable bonds is 10. The van der Waals surface area contributed by atoms with Gasteiger partial charge in [-0.05, 0) is 56.2 Å². The number of carbonyl (C=O) groups excluding carboxylic acids is 1. The van der Waals surface area contributed by atoms with Gasteiger partial charge in [0.05, 0.1) is 0 Å². The first-order valence-electron chi connectivity index (χ1n) is 10.1. The van der Waals surface area contributed by atoms with E-state index in [4.69, 9.17) is 0 Å². The highest BCUT2D eigenvalue weighted by Crippen LogP contribution is 2.18. The molecule has 0 aliphatic carbocycles. The molecule has 0 atom stereocenters. The van der Waals surface area contributed by atoms with E-state index in [0.29, 0.717) is 19.5 Å². The molecule has 0 spiro atoms. The van der Waals surface area contributed by atoms with Crippen LogP contribution in [0.15, 0.2) is 54.7 Å². The van der Waals surface area contributed by atoms with E-state index >= 15 is 0 Å². The van der Waals surface area contributed by atoms with E-state index in [2.05, 4.69) is 70.8 Å². The highest BCUT2D eigenvalue weighted by Gasteiger charge is 2.05. The Hall–Kier alpha value is -2.95. The first-order chi connectivity index (χ1) is 13.7. The normalized spacial score (nSPS) is 10.8. The van der Waals surface area contributed by atoms with Crippen LogP contribution in [-0.2, 0) is 11.2 Å². The number of aromatic amines is 1. The molecule has 3 N–H and O–H groups in total. The highest BCUT2D eigenvalue weighted by atomic mass is 16.1. The molecule has 28 heavy (non-hydrogen) atoms. The van der Waals surface area contributed by atoms with Crippen LogP contribution in [0.4, 0.5) is 11.4 Å². The van der Waals surface area contributed by atoms with Gasteiger partial charge < -0.3 is 20.5 Å². The Bertz CT molecular complexity index is 881. The van der Waals surface area contributed by atoms with Gasteiger partial charge in [0.2, 0.25) is 5.91 Å². The topological polar surface area (TPSA) is 60.2 Å². The average Bonchev–Trinajstić information content (AvgIpc) is 3.13. The van der Waals surface area contributed by atoms with Gasteiger partial charge in [-0.15, -0.1) is 0 Å². The smallest absolute Gasteiger partial charge is 0.221 e. The maximum Gasteiger partial charge on any atom is 0.221 e. The minimum atomic E-state index is 0.0760. The molecule has 0 radical (unpaired) electrons.